The Balaban J connectivity index is 2.51. The third-order valence-corrected chi connectivity index (χ3v) is 2.65. The van der Waals surface area contributed by atoms with Crippen molar-refractivity contribution in [2.24, 2.45) is 0 Å². The van der Waals surface area contributed by atoms with E-state index in [-0.39, 0.29) is 5.54 Å². The first-order valence-electron chi connectivity index (χ1n) is 5.10. The molecule has 76 valence electrons. The zero-order valence-corrected chi connectivity index (χ0v) is 9.39. The Hall–Kier alpha value is -1.38. The third kappa shape index (κ3) is 1.87. The Morgan fingerprint density at radius 3 is 2.73 bits per heavy atom. The number of allylic oxidation sites excluding steroid dienone is 1. The van der Waals surface area contributed by atoms with E-state index in [0.717, 1.165) is 5.69 Å². The molecule has 1 aromatic carbocycles. The van der Waals surface area contributed by atoms with E-state index in [9.17, 15) is 0 Å². The number of benzene rings is 1. The lowest BCUT2D eigenvalue weighted by molar-refractivity contribution is 0.707. The minimum Gasteiger partial charge on any atom is -0.437 e. The summed E-state index contributed by atoms with van der Waals surface area (Å²) < 4.78 is 0. The minimum absolute atomic E-state index is 0.0226. The first kappa shape index (κ1) is 10.2. The van der Waals surface area contributed by atoms with E-state index < -0.39 is 0 Å². The summed E-state index contributed by atoms with van der Waals surface area (Å²) in [5.41, 5.74) is 4.62. The van der Waals surface area contributed by atoms with Gasteiger partial charge in [0.05, 0.1) is 5.54 Å². The number of nitrogens with one attached hydrogen (secondary N) is 2. The maximum absolute atomic E-state index is 5.39. The molecule has 0 fully saturated rings. The molecule has 2 N–H and O–H groups in total. The standard InChI is InChI=1S/C12H15BN2/c1-8-7-12(2,3)14-11-5-4-9(15-13)6-10(8)11/h4-7,14-15H,1-3H3. The summed E-state index contributed by atoms with van der Waals surface area (Å²) in [5, 5.41) is 6.14. The van der Waals surface area contributed by atoms with Gasteiger partial charge < -0.3 is 10.5 Å². The summed E-state index contributed by atoms with van der Waals surface area (Å²) in [4.78, 5) is 0. The van der Waals surface area contributed by atoms with Gasteiger partial charge in [-0.15, -0.1) is 0 Å². The predicted octanol–water partition coefficient (Wildman–Crippen LogP) is 2.79. The highest BCUT2D eigenvalue weighted by atomic mass is 15.0. The van der Waals surface area contributed by atoms with Gasteiger partial charge in [-0.25, -0.2) is 0 Å². The Morgan fingerprint density at radius 1 is 1.33 bits per heavy atom. The number of hydrogen-bond donors (Lipinski definition) is 2. The van der Waals surface area contributed by atoms with Crippen LogP contribution in [-0.2, 0) is 0 Å². The van der Waals surface area contributed by atoms with E-state index in [2.05, 4.69) is 49.5 Å². The second-order valence-corrected chi connectivity index (χ2v) is 4.58. The van der Waals surface area contributed by atoms with Crippen molar-refractivity contribution in [3.63, 3.8) is 0 Å². The van der Waals surface area contributed by atoms with Gasteiger partial charge in [-0.05, 0) is 44.5 Å². The average Bonchev–Trinajstić information content (AvgIpc) is 2.15. The molecule has 0 saturated heterocycles. The Morgan fingerprint density at radius 2 is 2.07 bits per heavy atom. The minimum atomic E-state index is 0.0226. The van der Waals surface area contributed by atoms with Gasteiger partial charge in [-0.1, -0.05) is 6.08 Å². The molecular formula is C12H15BN2. The molecule has 0 aliphatic carbocycles. The molecular weight excluding hydrogens is 183 g/mol. The van der Waals surface area contributed by atoms with Crippen LogP contribution in [0.4, 0.5) is 11.4 Å². The molecule has 0 bridgehead atoms. The first-order valence-corrected chi connectivity index (χ1v) is 5.10. The molecule has 0 unspecified atom stereocenters. The summed E-state index contributed by atoms with van der Waals surface area (Å²) in [6.07, 6.45) is 2.23. The molecule has 0 aromatic heterocycles. The van der Waals surface area contributed by atoms with Crippen molar-refractivity contribution in [1.82, 2.24) is 0 Å². The van der Waals surface area contributed by atoms with Crippen LogP contribution in [0.1, 0.15) is 26.3 Å². The molecule has 2 nitrogen and oxygen atoms in total. The van der Waals surface area contributed by atoms with Crippen molar-refractivity contribution in [1.29, 1.82) is 0 Å². The van der Waals surface area contributed by atoms with Gasteiger partial charge in [-0.2, -0.15) is 0 Å². The molecule has 1 heterocycles. The zero-order valence-electron chi connectivity index (χ0n) is 9.39. The number of rotatable bonds is 1. The summed E-state index contributed by atoms with van der Waals surface area (Å²) in [6, 6.07) is 6.09. The van der Waals surface area contributed by atoms with Crippen LogP contribution in [0.2, 0.25) is 0 Å². The topological polar surface area (TPSA) is 24.1 Å². The Labute approximate surface area is 92.2 Å². The first-order chi connectivity index (χ1) is 7.02. The predicted molar refractivity (Wildman–Crippen MR) is 67.2 cm³/mol. The summed E-state index contributed by atoms with van der Waals surface area (Å²) >= 11 is 0. The molecule has 2 radical (unpaired) electrons. The van der Waals surface area contributed by atoms with Gasteiger partial charge in [0.15, 0.2) is 0 Å². The van der Waals surface area contributed by atoms with E-state index in [4.69, 9.17) is 7.98 Å². The fraction of sp³-hybridized carbons (Fsp3) is 0.333. The number of fused-ring (bicyclic) bond motifs is 1. The highest BCUT2D eigenvalue weighted by Gasteiger charge is 2.21. The van der Waals surface area contributed by atoms with Crippen LogP contribution < -0.4 is 10.5 Å². The normalized spacial score (nSPS) is 17.4. The third-order valence-electron chi connectivity index (χ3n) is 2.65. The highest BCUT2D eigenvalue weighted by molar-refractivity contribution is 6.16. The molecule has 3 heteroatoms. The van der Waals surface area contributed by atoms with Crippen molar-refractivity contribution in [3.8, 4) is 0 Å². The second kappa shape index (κ2) is 3.33. The lowest BCUT2D eigenvalue weighted by Crippen LogP contribution is -2.31. The smallest absolute Gasteiger partial charge is 0.222 e. The van der Waals surface area contributed by atoms with Crippen LogP contribution in [0.3, 0.4) is 0 Å². The van der Waals surface area contributed by atoms with Gasteiger partial charge >= 0.3 is 0 Å². The summed E-state index contributed by atoms with van der Waals surface area (Å²) in [6.45, 7) is 6.45. The van der Waals surface area contributed by atoms with E-state index in [1.54, 1.807) is 0 Å². The van der Waals surface area contributed by atoms with Gasteiger partial charge in [0.1, 0.15) is 0 Å². The quantitative estimate of drug-likeness (QED) is 0.678. The zero-order chi connectivity index (χ0) is 11.1. The lowest BCUT2D eigenvalue weighted by atomic mass is 9.91. The molecule has 0 amide bonds. The fourth-order valence-electron chi connectivity index (χ4n) is 2.07. The molecule has 15 heavy (non-hydrogen) atoms. The van der Waals surface area contributed by atoms with Crippen LogP contribution in [0.15, 0.2) is 24.3 Å². The van der Waals surface area contributed by atoms with Crippen molar-refractivity contribution < 1.29 is 0 Å². The second-order valence-electron chi connectivity index (χ2n) is 4.58. The lowest BCUT2D eigenvalue weighted by Gasteiger charge is -2.31. The highest BCUT2D eigenvalue weighted by Crippen LogP contribution is 2.34. The number of hydrogen-bond acceptors (Lipinski definition) is 2. The SMILES string of the molecule is [B]Nc1ccc2c(c1)C(C)=CC(C)(C)N2. The van der Waals surface area contributed by atoms with Gasteiger partial charge in [0, 0.05) is 16.9 Å². The van der Waals surface area contributed by atoms with Gasteiger partial charge in [0.2, 0.25) is 7.98 Å². The Kier molecular flexibility index (Phi) is 2.26. The molecule has 0 atom stereocenters. The van der Waals surface area contributed by atoms with Crippen molar-refractivity contribution in [2.75, 3.05) is 10.5 Å². The molecule has 0 spiro atoms. The summed E-state index contributed by atoms with van der Waals surface area (Å²) in [7, 11) is 5.39. The average molecular weight is 198 g/mol. The molecule has 1 aromatic rings. The largest absolute Gasteiger partial charge is 0.437 e. The summed E-state index contributed by atoms with van der Waals surface area (Å²) in [5.74, 6) is 0. The van der Waals surface area contributed by atoms with Crippen LogP contribution >= 0.6 is 0 Å². The maximum atomic E-state index is 5.39. The van der Waals surface area contributed by atoms with Crippen LogP contribution in [0.25, 0.3) is 5.57 Å². The van der Waals surface area contributed by atoms with E-state index in [0.29, 0.717) is 0 Å². The van der Waals surface area contributed by atoms with Crippen molar-refractivity contribution in [2.45, 2.75) is 26.3 Å². The van der Waals surface area contributed by atoms with Crippen molar-refractivity contribution in [3.05, 3.63) is 29.8 Å². The van der Waals surface area contributed by atoms with E-state index in [1.165, 1.54) is 16.8 Å². The van der Waals surface area contributed by atoms with Gasteiger partial charge in [-0.3, -0.25) is 0 Å². The van der Waals surface area contributed by atoms with Gasteiger partial charge in [0.25, 0.3) is 0 Å². The monoisotopic (exact) mass is 198 g/mol. The van der Waals surface area contributed by atoms with Crippen LogP contribution in [0, 0.1) is 0 Å². The molecule has 2 rings (SSSR count). The maximum Gasteiger partial charge on any atom is 0.222 e. The molecule has 1 aliphatic heterocycles. The Bertz CT molecular complexity index is 422. The fourth-order valence-corrected chi connectivity index (χ4v) is 2.07. The molecule has 1 aliphatic rings. The number of anilines is 2. The van der Waals surface area contributed by atoms with Crippen molar-refractivity contribution >= 4 is 24.9 Å². The van der Waals surface area contributed by atoms with Crippen LogP contribution in [-0.4, -0.2) is 13.5 Å². The van der Waals surface area contributed by atoms with Crippen LogP contribution in [0.5, 0.6) is 0 Å². The van der Waals surface area contributed by atoms with E-state index >= 15 is 0 Å². The van der Waals surface area contributed by atoms with E-state index in [1.807, 2.05) is 6.07 Å². The molecule has 0 saturated carbocycles.